The van der Waals surface area contributed by atoms with E-state index in [1.54, 1.807) is 37.3 Å². The topological polar surface area (TPSA) is 84.6 Å². The molecule has 0 unspecified atom stereocenters. The number of amides is 1. The number of carbonyl (C=O) groups excluding carboxylic acids is 1. The highest BCUT2D eigenvalue weighted by molar-refractivity contribution is 9.10. The Kier molecular flexibility index (Phi) is 5.46. The SMILES string of the molecule is CCOc1cc(Br)cc(C(=O)Nc2cccc(-c3nc4ccc(C)cc4o3)c2)c1O. The number of ether oxygens (including phenoxy) is 1. The second kappa shape index (κ2) is 8.20. The highest BCUT2D eigenvalue weighted by Gasteiger charge is 2.18. The largest absolute Gasteiger partial charge is 0.504 e. The molecule has 30 heavy (non-hydrogen) atoms. The van der Waals surface area contributed by atoms with Crippen LogP contribution in [0.5, 0.6) is 11.5 Å². The van der Waals surface area contributed by atoms with Crippen LogP contribution in [0.25, 0.3) is 22.6 Å². The fourth-order valence-corrected chi connectivity index (χ4v) is 3.53. The average molecular weight is 467 g/mol. The number of nitrogens with one attached hydrogen (secondary N) is 1. The lowest BCUT2D eigenvalue weighted by atomic mass is 10.1. The van der Waals surface area contributed by atoms with Crippen LogP contribution in [0.3, 0.4) is 0 Å². The van der Waals surface area contributed by atoms with Crippen molar-refractivity contribution in [3.05, 3.63) is 70.2 Å². The first-order valence-electron chi connectivity index (χ1n) is 9.39. The van der Waals surface area contributed by atoms with Gasteiger partial charge >= 0.3 is 0 Å². The van der Waals surface area contributed by atoms with Gasteiger partial charge in [0.1, 0.15) is 5.52 Å². The Morgan fingerprint density at radius 3 is 2.83 bits per heavy atom. The van der Waals surface area contributed by atoms with Crippen molar-refractivity contribution in [2.75, 3.05) is 11.9 Å². The summed E-state index contributed by atoms with van der Waals surface area (Å²) in [5.74, 6) is 0.0475. The van der Waals surface area contributed by atoms with Crippen LogP contribution in [0.1, 0.15) is 22.8 Å². The minimum atomic E-state index is -0.458. The van der Waals surface area contributed by atoms with E-state index in [-0.39, 0.29) is 17.1 Å². The van der Waals surface area contributed by atoms with Crippen molar-refractivity contribution >= 4 is 38.6 Å². The molecule has 1 aromatic heterocycles. The number of phenolic OH excluding ortho intramolecular Hbond substituents is 1. The van der Waals surface area contributed by atoms with Crippen molar-refractivity contribution in [3.8, 4) is 23.0 Å². The molecule has 6 nitrogen and oxygen atoms in total. The van der Waals surface area contributed by atoms with Gasteiger partial charge in [-0.1, -0.05) is 28.1 Å². The van der Waals surface area contributed by atoms with E-state index in [9.17, 15) is 9.90 Å². The first-order valence-corrected chi connectivity index (χ1v) is 10.2. The Balaban J connectivity index is 1.62. The summed E-state index contributed by atoms with van der Waals surface area (Å²) in [5.41, 5.74) is 3.96. The predicted octanol–water partition coefficient (Wildman–Crippen LogP) is 5.92. The summed E-state index contributed by atoms with van der Waals surface area (Å²) >= 11 is 3.34. The fourth-order valence-electron chi connectivity index (χ4n) is 3.10. The third-order valence-electron chi connectivity index (χ3n) is 4.50. The molecule has 0 fully saturated rings. The van der Waals surface area contributed by atoms with Crippen molar-refractivity contribution in [2.24, 2.45) is 0 Å². The summed E-state index contributed by atoms with van der Waals surface area (Å²) in [6.45, 7) is 4.17. The summed E-state index contributed by atoms with van der Waals surface area (Å²) in [7, 11) is 0. The molecule has 0 saturated heterocycles. The molecular formula is C23H19BrN2O4. The van der Waals surface area contributed by atoms with E-state index in [2.05, 4.69) is 26.2 Å². The third-order valence-corrected chi connectivity index (χ3v) is 4.95. The minimum Gasteiger partial charge on any atom is -0.504 e. The predicted molar refractivity (Wildman–Crippen MR) is 119 cm³/mol. The van der Waals surface area contributed by atoms with Crippen molar-refractivity contribution in [1.29, 1.82) is 0 Å². The zero-order chi connectivity index (χ0) is 21.3. The number of phenols is 1. The first kappa shape index (κ1) is 20.0. The lowest BCUT2D eigenvalue weighted by molar-refractivity contribution is 0.102. The van der Waals surface area contributed by atoms with Gasteiger partial charge in [-0.05, 0) is 61.9 Å². The second-order valence-electron chi connectivity index (χ2n) is 6.76. The van der Waals surface area contributed by atoms with Gasteiger partial charge in [0.25, 0.3) is 5.91 Å². The number of carbonyl (C=O) groups is 1. The van der Waals surface area contributed by atoms with Crippen LogP contribution in [0.2, 0.25) is 0 Å². The molecule has 4 aromatic rings. The number of hydrogen-bond acceptors (Lipinski definition) is 5. The number of rotatable bonds is 5. The maximum Gasteiger partial charge on any atom is 0.259 e. The quantitative estimate of drug-likeness (QED) is 0.381. The number of aryl methyl sites for hydroxylation is 1. The molecule has 0 bridgehead atoms. The van der Waals surface area contributed by atoms with Gasteiger partial charge in [-0.15, -0.1) is 0 Å². The maximum absolute atomic E-state index is 12.8. The van der Waals surface area contributed by atoms with E-state index in [4.69, 9.17) is 9.15 Å². The van der Waals surface area contributed by atoms with Crippen LogP contribution in [0, 0.1) is 6.92 Å². The van der Waals surface area contributed by atoms with Gasteiger partial charge in [-0.3, -0.25) is 4.79 Å². The number of oxazole rings is 1. The van der Waals surface area contributed by atoms with Crippen molar-refractivity contribution < 1.29 is 19.1 Å². The Bertz CT molecular complexity index is 1250. The molecule has 0 atom stereocenters. The molecule has 0 radical (unpaired) electrons. The summed E-state index contributed by atoms with van der Waals surface area (Å²) in [6, 6.07) is 16.2. The van der Waals surface area contributed by atoms with Gasteiger partial charge in [-0.25, -0.2) is 4.98 Å². The molecule has 1 heterocycles. The van der Waals surface area contributed by atoms with E-state index >= 15 is 0 Å². The van der Waals surface area contributed by atoms with Crippen LogP contribution in [-0.4, -0.2) is 22.6 Å². The molecule has 152 valence electrons. The van der Waals surface area contributed by atoms with E-state index in [0.29, 0.717) is 28.2 Å². The summed E-state index contributed by atoms with van der Waals surface area (Å²) < 4.78 is 11.9. The Morgan fingerprint density at radius 2 is 2.03 bits per heavy atom. The van der Waals surface area contributed by atoms with Crippen molar-refractivity contribution in [2.45, 2.75) is 13.8 Å². The summed E-state index contributed by atoms with van der Waals surface area (Å²) in [6.07, 6.45) is 0. The Morgan fingerprint density at radius 1 is 1.20 bits per heavy atom. The number of nitrogens with zero attached hydrogens (tertiary/aromatic N) is 1. The highest BCUT2D eigenvalue weighted by Crippen LogP contribution is 2.34. The summed E-state index contributed by atoms with van der Waals surface area (Å²) in [5, 5.41) is 13.2. The second-order valence-corrected chi connectivity index (χ2v) is 7.67. The maximum atomic E-state index is 12.8. The molecule has 4 rings (SSSR count). The van der Waals surface area contributed by atoms with E-state index < -0.39 is 5.91 Å². The van der Waals surface area contributed by atoms with Gasteiger partial charge < -0.3 is 19.6 Å². The molecule has 0 aliphatic heterocycles. The highest BCUT2D eigenvalue weighted by atomic mass is 79.9. The van der Waals surface area contributed by atoms with Gasteiger partial charge in [0.05, 0.1) is 12.2 Å². The fraction of sp³-hybridized carbons (Fsp3) is 0.130. The normalized spacial score (nSPS) is 10.9. The molecule has 0 saturated carbocycles. The number of aromatic hydroxyl groups is 1. The zero-order valence-electron chi connectivity index (χ0n) is 16.4. The van der Waals surface area contributed by atoms with Gasteiger partial charge in [0.2, 0.25) is 5.89 Å². The molecule has 7 heteroatoms. The van der Waals surface area contributed by atoms with E-state index in [1.807, 2.05) is 31.2 Å². The van der Waals surface area contributed by atoms with Crippen LogP contribution in [0.4, 0.5) is 5.69 Å². The molecule has 0 spiro atoms. The number of aromatic nitrogens is 1. The Hall–Kier alpha value is -3.32. The monoisotopic (exact) mass is 466 g/mol. The zero-order valence-corrected chi connectivity index (χ0v) is 18.0. The van der Waals surface area contributed by atoms with Crippen molar-refractivity contribution in [1.82, 2.24) is 4.98 Å². The van der Waals surface area contributed by atoms with Crippen LogP contribution in [0.15, 0.2) is 63.5 Å². The van der Waals surface area contributed by atoms with E-state index in [0.717, 1.165) is 16.6 Å². The number of anilines is 1. The van der Waals surface area contributed by atoms with Crippen LogP contribution >= 0.6 is 15.9 Å². The van der Waals surface area contributed by atoms with Gasteiger partial charge in [0, 0.05) is 15.7 Å². The molecule has 0 aliphatic rings. The number of halogens is 1. The van der Waals surface area contributed by atoms with Gasteiger partial charge in [-0.2, -0.15) is 0 Å². The minimum absolute atomic E-state index is 0.107. The van der Waals surface area contributed by atoms with Crippen LogP contribution < -0.4 is 10.1 Å². The first-order chi connectivity index (χ1) is 14.4. The average Bonchev–Trinajstić information content (AvgIpc) is 3.14. The lowest BCUT2D eigenvalue weighted by Crippen LogP contribution is -2.12. The third kappa shape index (κ3) is 4.02. The van der Waals surface area contributed by atoms with Crippen molar-refractivity contribution in [3.63, 3.8) is 0 Å². The van der Waals surface area contributed by atoms with Crippen LogP contribution in [-0.2, 0) is 0 Å². The number of hydrogen-bond donors (Lipinski definition) is 2. The Labute approximate surface area is 181 Å². The van der Waals surface area contributed by atoms with E-state index in [1.165, 1.54) is 0 Å². The molecule has 0 aliphatic carbocycles. The smallest absolute Gasteiger partial charge is 0.259 e. The standard InChI is InChI=1S/C23H19BrN2O4/c1-3-29-20-12-15(24)11-17(21(20)27)22(28)25-16-6-4-5-14(10-16)23-26-18-8-7-13(2)9-19(18)30-23/h4-12,27H,3H2,1-2H3,(H,25,28). The van der Waals surface area contributed by atoms with Gasteiger partial charge in [0.15, 0.2) is 17.1 Å². The molecule has 3 aromatic carbocycles. The molecule has 2 N–H and O–H groups in total. The molecule has 1 amide bonds. The molecular weight excluding hydrogens is 448 g/mol. The summed E-state index contributed by atoms with van der Waals surface area (Å²) in [4.78, 5) is 17.3. The number of fused-ring (bicyclic) bond motifs is 1. The lowest BCUT2D eigenvalue weighted by Gasteiger charge is -2.12. The number of benzene rings is 3.